The van der Waals surface area contributed by atoms with E-state index in [1.807, 2.05) is 23.6 Å². The molecule has 0 fully saturated rings. The normalized spacial score (nSPS) is 11.4. The first-order valence-electron chi connectivity index (χ1n) is 8.37. The second kappa shape index (κ2) is 9.00. The van der Waals surface area contributed by atoms with Gasteiger partial charge in [0.05, 0.1) is 13.5 Å². The highest BCUT2D eigenvalue weighted by Gasteiger charge is 2.25. The molecule has 0 radical (unpaired) electrons. The molecule has 0 saturated carbocycles. The van der Waals surface area contributed by atoms with E-state index in [1.165, 1.54) is 11.3 Å². The van der Waals surface area contributed by atoms with Crippen LogP contribution in [0.15, 0.2) is 72.1 Å². The minimum atomic E-state index is -1.04. The van der Waals surface area contributed by atoms with Gasteiger partial charge < -0.3 is 14.8 Å². The summed E-state index contributed by atoms with van der Waals surface area (Å²) in [5.41, 5.74) is 1.17. The van der Waals surface area contributed by atoms with Gasteiger partial charge in [0.25, 0.3) is 5.91 Å². The average Bonchev–Trinajstić information content (AvgIpc) is 3.19. The van der Waals surface area contributed by atoms with Crippen LogP contribution in [0.1, 0.15) is 16.5 Å². The molecule has 0 aliphatic heterocycles. The SMILES string of the molecule is COc1cccc(NC(=O)[C@H](OC(=O)Cc2cccs2)c2ccccc2)c1. The lowest BCUT2D eigenvalue weighted by Crippen LogP contribution is -2.26. The van der Waals surface area contributed by atoms with Gasteiger partial charge in [0.2, 0.25) is 6.10 Å². The van der Waals surface area contributed by atoms with E-state index in [9.17, 15) is 9.59 Å². The zero-order valence-corrected chi connectivity index (χ0v) is 15.6. The number of hydrogen-bond acceptors (Lipinski definition) is 5. The summed E-state index contributed by atoms with van der Waals surface area (Å²) in [6.07, 6.45) is -0.905. The molecule has 1 N–H and O–H groups in total. The van der Waals surface area contributed by atoms with Gasteiger partial charge in [0.1, 0.15) is 5.75 Å². The molecule has 0 unspecified atom stereocenters. The first kappa shape index (κ1) is 18.7. The summed E-state index contributed by atoms with van der Waals surface area (Å²) in [6, 6.07) is 19.7. The maximum atomic E-state index is 12.8. The monoisotopic (exact) mass is 381 g/mol. The zero-order valence-electron chi connectivity index (χ0n) is 14.8. The third-order valence-corrected chi connectivity index (χ3v) is 4.70. The van der Waals surface area contributed by atoms with E-state index in [4.69, 9.17) is 9.47 Å². The molecular formula is C21H19NO4S. The van der Waals surface area contributed by atoms with Crippen molar-refractivity contribution in [1.29, 1.82) is 0 Å². The number of benzene rings is 2. The van der Waals surface area contributed by atoms with Crippen LogP contribution in [0.2, 0.25) is 0 Å². The Morgan fingerprint density at radius 1 is 1.04 bits per heavy atom. The van der Waals surface area contributed by atoms with Crippen LogP contribution in [0, 0.1) is 0 Å². The molecule has 27 heavy (non-hydrogen) atoms. The lowest BCUT2D eigenvalue weighted by Gasteiger charge is -2.18. The minimum absolute atomic E-state index is 0.132. The maximum absolute atomic E-state index is 12.8. The maximum Gasteiger partial charge on any atom is 0.312 e. The summed E-state index contributed by atoms with van der Waals surface area (Å²) >= 11 is 1.47. The molecule has 1 heterocycles. The highest BCUT2D eigenvalue weighted by molar-refractivity contribution is 7.10. The summed E-state index contributed by atoms with van der Waals surface area (Å²) in [5.74, 6) is -0.250. The number of hydrogen-bond donors (Lipinski definition) is 1. The van der Waals surface area contributed by atoms with E-state index in [1.54, 1.807) is 55.6 Å². The molecule has 0 aliphatic carbocycles. The predicted molar refractivity (Wildman–Crippen MR) is 105 cm³/mol. The summed E-state index contributed by atoms with van der Waals surface area (Å²) in [4.78, 5) is 26.0. The van der Waals surface area contributed by atoms with Crippen molar-refractivity contribution in [2.75, 3.05) is 12.4 Å². The van der Waals surface area contributed by atoms with Gasteiger partial charge in [0, 0.05) is 22.2 Å². The number of methoxy groups -OCH3 is 1. The molecule has 0 saturated heterocycles. The molecule has 2 aromatic carbocycles. The van der Waals surface area contributed by atoms with Crippen molar-refractivity contribution in [2.24, 2.45) is 0 Å². The summed E-state index contributed by atoms with van der Waals surface area (Å²) in [6.45, 7) is 0. The zero-order chi connectivity index (χ0) is 19.1. The molecule has 5 nitrogen and oxygen atoms in total. The number of thiophene rings is 1. The number of esters is 1. The molecule has 3 aromatic rings. The second-order valence-electron chi connectivity index (χ2n) is 5.76. The van der Waals surface area contributed by atoms with Gasteiger partial charge in [-0.25, -0.2) is 0 Å². The Morgan fingerprint density at radius 3 is 2.56 bits per heavy atom. The van der Waals surface area contributed by atoms with Crippen molar-refractivity contribution in [1.82, 2.24) is 0 Å². The van der Waals surface area contributed by atoms with E-state index in [-0.39, 0.29) is 6.42 Å². The fourth-order valence-corrected chi connectivity index (χ4v) is 3.23. The van der Waals surface area contributed by atoms with Crippen molar-refractivity contribution < 1.29 is 19.1 Å². The number of nitrogens with one attached hydrogen (secondary N) is 1. The number of ether oxygens (including phenoxy) is 2. The minimum Gasteiger partial charge on any atom is -0.497 e. The van der Waals surface area contributed by atoms with E-state index < -0.39 is 18.0 Å². The van der Waals surface area contributed by atoms with Gasteiger partial charge in [-0.1, -0.05) is 42.5 Å². The molecule has 138 valence electrons. The van der Waals surface area contributed by atoms with Crippen molar-refractivity contribution >= 4 is 28.9 Å². The van der Waals surface area contributed by atoms with Gasteiger partial charge in [-0.05, 0) is 23.6 Å². The standard InChI is InChI=1S/C21H19NO4S/c1-25-17-10-5-9-16(13-17)22-21(24)20(15-7-3-2-4-8-15)26-19(23)14-18-11-6-12-27-18/h2-13,20H,14H2,1H3,(H,22,24)/t20-/m1/s1. The first-order valence-corrected chi connectivity index (χ1v) is 9.25. The number of carbonyl (C=O) groups is 2. The second-order valence-corrected chi connectivity index (χ2v) is 6.79. The molecule has 6 heteroatoms. The third-order valence-electron chi connectivity index (χ3n) is 3.83. The Morgan fingerprint density at radius 2 is 1.85 bits per heavy atom. The van der Waals surface area contributed by atoms with Crippen LogP contribution in [0.5, 0.6) is 5.75 Å². The molecule has 0 spiro atoms. The van der Waals surface area contributed by atoms with Crippen LogP contribution in [-0.4, -0.2) is 19.0 Å². The Hall–Kier alpha value is -3.12. The van der Waals surface area contributed by atoms with Crippen LogP contribution >= 0.6 is 11.3 Å². The van der Waals surface area contributed by atoms with Crippen molar-refractivity contribution in [3.63, 3.8) is 0 Å². The molecule has 1 amide bonds. The third kappa shape index (κ3) is 5.18. The molecular weight excluding hydrogens is 362 g/mol. The van der Waals surface area contributed by atoms with Crippen LogP contribution in [-0.2, 0) is 20.7 Å². The molecule has 0 bridgehead atoms. The fraction of sp³-hybridized carbons (Fsp3) is 0.143. The summed E-state index contributed by atoms with van der Waals surface area (Å²) in [7, 11) is 1.56. The molecule has 1 aromatic heterocycles. The number of amides is 1. The Bertz CT molecular complexity index is 894. The van der Waals surface area contributed by atoms with Crippen LogP contribution < -0.4 is 10.1 Å². The number of carbonyl (C=O) groups excluding carboxylic acids is 2. The van der Waals surface area contributed by atoms with Gasteiger partial charge >= 0.3 is 5.97 Å². The van der Waals surface area contributed by atoms with E-state index in [2.05, 4.69) is 5.32 Å². The summed E-state index contributed by atoms with van der Waals surface area (Å²) < 4.78 is 10.7. The Kier molecular flexibility index (Phi) is 6.22. The first-order chi connectivity index (χ1) is 13.2. The van der Waals surface area contributed by atoms with E-state index >= 15 is 0 Å². The van der Waals surface area contributed by atoms with Crippen LogP contribution in [0.25, 0.3) is 0 Å². The highest BCUT2D eigenvalue weighted by atomic mass is 32.1. The lowest BCUT2D eigenvalue weighted by molar-refractivity contribution is -0.154. The van der Waals surface area contributed by atoms with Gasteiger partial charge in [-0.3, -0.25) is 9.59 Å². The smallest absolute Gasteiger partial charge is 0.312 e. The topological polar surface area (TPSA) is 64.6 Å². The van der Waals surface area contributed by atoms with Gasteiger partial charge in [0.15, 0.2) is 0 Å². The lowest BCUT2D eigenvalue weighted by atomic mass is 10.1. The fourth-order valence-electron chi connectivity index (χ4n) is 2.54. The molecule has 0 aliphatic rings. The Balaban J connectivity index is 1.76. The largest absolute Gasteiger partial charge is 0.497 e. The van der Waals surface area contributed by atoms with E-state index in [0.29, 0.717) is 17.0 Å². The predicted octanol–water partition coefficient (Wildman–Crippen LogP) is 4.22. The number of anilines is 1. The quantitative estimate of drug-likeness (QED) is 0.622. The van der Waals surface area contributed by atoms with Crippen molar-refractivity contribution in [3.05, 3.63) is 82.6 Å². The van der Waals surface area contributed by atoms with Gasteiger partial charge in [-0.2, -0.15) is 0 Å². The number of rotatable bonds is 7. The summed E-state index contributed by atoms with van der Waals surface area (Å²) in [5, 5.41) is 4.68. The van der Waals surface area contributed by atoms with Crippen molar-refractivity contribution in [2.45, 2.75) is 12.5 Å². The molecule has 3 rings (SSSR count). The molecule has 1 atom stereocenters. The Labute approximate surface area is 161 Å². The average molecular weight is 381 g/mol. The van der Waals surface area contributed by atoms with Gasteiger partial charge in [-0.15, -0.1) is 11.3 Å². The van der Waals surface area contributed by atoms with Crippen LogP contribution in [0.3, 0.4) is 0 Å². The van der Waals surface area contributed by atoms with Crippen LogP contribution in [0.4, 0.5) is 5.69 Å². The highest BCUT2D eigenvalue weighted by Crippen LogP contribution is 2.23. The van der Waals surface area contributed by atoms with Crippen molar-refractivity contribution in [3.8, 4) is 5.75 Å². The van der Waals surface area contributed by atoms with E-state index in [0.717, 1.165) is 4.88 Å².